The molecule has 1 aliphatic rings. The number of rotatable bonds is 1. The van der Waals surface area contributed by atoms with Crippen molar-refractivity contribution in [2.24, 2.45) is 0 Å². The van der Waals surface area contributed by atoms with Gasteiger partial charge in [-0.05, 0) is 20.8 Å². The van der Waals surface area contributed by atoms with E-state index in [4.69, 9.17) is 28.4 Å². The number of aromatic nitrogens is 2. The van der Waals surface area contributed by atoms with E-state index in [1.54, 1.807) is 4.90 Å². The Morgan fingerprint density at radius 2 is 1.86 bits per heavy atom. The fraction of sp³-hybridized carbons (Fsp3) is 0.615. The number of anilines is 3. The smallest absolute Gasteiger partial charge is 0.410 e. The van der Waals surface area contributed by atoms with Crippen molar-refractivity contribution in [3.8, 4) is 0 Å². The topological polar surface area (TPSA) is 114 Å². The Balaban J connectivity index is 2.04. The third-order valence-electron chi connectivity index (χ3n) is 3.20. The molecule has 2 rings (SSSR count). The van der Waals surface area contributed by atoms with E-state index in [1.807, 2.05) is 25.7 Å². The van der Waals surface area contributed by atoms with Crippen LogP contribution in [0.1, 0.15) is 20.8 Å². The summed E-state index contributed by atoms with van der Waals surface area (Å²) in [6.07, 6.45) is -0.303. The number of ether oxygens (including phenoxy) is 1. The highest BCUT2D eigenvalue weighted by Gasteiger charge is 2.27. The first-order valence-corrected chi connectivity index (χ1v) is 7.46. The Hall–Kier alpha value is -2.03. The average molecular weight is 326 g/mol. The molecule has 8 nitrogen and oxygen atoms in total. The van der Waals surface area contributed by atoms with E-state index in [-0.39, 0.29) is 16.7 Å². The molecule has 0 atom stereocenters. The van der Waals surface area contributed by atoms with Crippen LogP contribution in [0.4, 0.5) is 22.2 Å². The normalized spacial score (nSPS) is 15.8. The van der Waals surface area contributed by atoms with Gasteiger partial charge in [-0.3, -0.25) is 0 Å². The third kappa shape index (κ3) is 3.79. The average Bonchev–Trinajstić information content (AvgIpc) is 2.41. The number of nitrogens with one attached hydrogen (secondary N) is 1. The number of nitrogens with two attached hydrogens (primary N) is 2. The van der Waals surface area contributed by atoms with Crippen molar-refractivity contribution < 1.29 is 9.53 Å². The molecule has 0 aromatic carbocycles. The zero-order chi connectivity index (χ0) is 16.5. The summed E-state index contributed by atoms with van der Waals surface area (Å²) in [4.78, 5) is 22.6. The molecule has 9 heteroatoms. The van der Waals surface area contributed by atoms with Gasteiger partial charge in [0, 0.05) is 26.2 Å². The van der Waals surface area contributed by atoms with Gasteiger partial charge in [-0.15, -0.1) is 0 Å². The number of aromatic amines is 1. The summed E-state index contributed by atoms with van der Waals surface area (Å²) < 4.78 is 5.65. The van der Waals surface area contributed by atoms with Crippen molar-refractivity contribution in [2.45, 2.75) is 26.4 Å². The lowest BCUT2D eigenvalue weighted by Crippen LogP contribution is -2.50. The molecule has 2 heterocycles. The molecule has 0 bridgehead atoms. The maximum absolute atomic E-state index is 12.0. The summed E-state index contributed by atoms with van der Waals surface area (Å²) in [6.45, 7) is 7.84. The zero-order valence-electron chi connectivity index (χ0n) is 13.0. The monoisotopic (exact) mass is 326 g/mol. The van der Waals surface area contributed by atoms with Crippen LogP contribution in [0.25, 0.3) is 0 Å². The maximum atomic E-state index is 12.0. The van der Waals surface area contributed by atoms with Gasteiger partial charge in [0.2, 0.25) is 0 Å². The zero-order valence-corrected chi connectivity index (χ0v) is 13.9. The van der Waals surface area contributed by atoms with Gasteiger partial charge in [0.15, 0.2) is 10.6 Å². The number of piperazine rings is 1. The molecule has 1 fully saturated rings. The lowest BCUT2D eigenvalue weighted by atomic mass is 10.2. The second kappa shape index (κ2) is 5.99. The fourth-order valence-corrected chi connectivity index (χ4v) is 2.37. The van der Waals surface area contributed by atoms with E-state index in [9.17, 15) is 4.79 Å². The summed E-state index contributed by atoms with van der Waals surface area (Å²) >= 11 is 5.07. The summed E-state index contributed by atoms with van der Waals surface area (Å²) in [5.41, 5.74) is 11.5. The van der Waals surface area contributed by atoms with E-state index >= 15 is 0 Å². The van der Waals surface area contributed by atoms with E-state index < -0.39 is 5.60 Å². The number of amides is 1. The van der Waals surface area contributed by atoms with Crippen molar-refractivity contribution in [1.82, 2.24) is 14.9 Å². The Kier molecular flexibility index (Phi) is 4.45. The molecular formula is C13H22N6O2S. The number of nitrogen functional groups attached to an aromatic ring is 2. The van der Waals surface area contributed by atoms with E-state index in [0.717, 1.165) is 0 Å². The van der Waals surface area contributed by atoms with Crippen LogP contribution in [0.2, 0.25) is 0 Å². The van der Waals surface area contributed by atoms with E-state index in [0.29, 0.717) is 37.7 Å². The molecule has 1 amide bonds. The minimum absolute atomic E-state index is 0.226. The summed E-state index contributed by atoms with van der Waals surface area (Å²) in [5, 5.41) is 0. The minimum Gasteiger partial charge on any atom is -0.444 e. The van der Waals surface area contributed by atoms with Gasteiger partial charge >= 0.3 is 6.09 Å². The molecule has 1 saturated heterocycles. The van der Waals surface area contributed by atoms with Crippen molar-refractivity contribution in [1.29, 1.82) is 0 Å². The van der Waals surface area contributed by atoms with Crippen LogP contribution < -0.4 is 16.4 Å². The summed E-state index contributed by atoms with van der Waals surface area (Å²) in [6, 6.07) is 0. The molecular weight excluding hydrogens is 304 g/mol. The van der Waals surface area contributed by atoms with Crippen molar-refractivity contribution >= 4 is 35.8 Å². The molecule has 1 aliphatic heterocycles. The highest BCUT2D eigenvalue weighted by molar-refractivity contribution is 7.71. The number of H-pyrrole nitrogens is 1. The predicted octanol–water partition coefficient (Wildman–Crippen LogP) is 1.36. The molecule has 1 aromatic heterocycles. The molecule has 0 radical (unpaired) electrons. The molecule has 122 valence electrons. The Morgan fingerprint density at radius 1 is 1.27 bits per heavy atom. The van der Waals surface area contributed by atoms with Gasteiger partial charge < -0.3 is 31.0 Å². The predicted molar refractivity (Wildman–Crippen MR) is 88.3 cm³/mol. The van der Waals surface area contributed by atoms with Gasteiger partial charge in [0.25, 0.3) is 0 Å². The van der Waals surface area contributed by atoms with Crippen LogP contribution >= 0.6 is 12.2 Å². The molecule has 0 saturated carbocycles. The third-order valence-corrected chi connectivity index (χ3v) is 3.51. The van der Waals surface area contributed by atoms with Gasteiger partial charge in [0.05, 0.1) is 0 Å². The molecule has 5 N–H and O–H groups in total. The minimum atomic E-state index is -0.497. The molecule has 0 spiro atoms. The van der Waals surface area contributed by atoms with E-state index in [2.05, 4.69) is 9.97 Å². The van der Waals surface area contributed by atoms with E-state index in [1.165, 1.54) is 0 Å². The second-order valence-corrected chi connectivity index (χ2v) is 6.53. The molecule has 22 heavy (non-hydrogen) atoms. The summed E-state index contributed by atoms with van der Waals surface area (Å²) in [7, 11) is 0. The number of hydrogen-bond donors (Lipinski definition) is 3. The van der Waals surface area contributed by atoms with Crippen molar-refractivity contribution in [2.75, 3.05) is 42.5 Å². The first kappa shape index (κ1) is 16.3. The van der Waals surface area contributed by atoms with Crippen molar-refractivity contribution in [3.05, 3.63) is 4.64 Å². The van der Waals surface area contributed by atoms with Gasteiger partial charge in [-0.1, -0.05) is 12.2 Å². The van der Waals surface area contributed by atoms with Crippen LogP contribution in [-0.4, -0.2) is 52.7 Å². The quantitative estimate of drug-likeness (QED) is 0.668. The first-order valence-electron chi connectivity index (χ1n) is 7.05. The van der Waals surface area contributed by atoms with Crippen LogP contribution in [0, 0.1) is 4.64 Å². The Bertz CT molecular complexity index is 616. The van der Waals surface area contributed by atoms with Crippen LogP contribution in [0.3, 0.4) is 0 Å². The molecule has 0 unspecified atom stereocenters. The van der Waals surface area contributed by atoms with Crippen molar-refractivity contribution in [3.63, 3.8) is 0 Å². The number of hydrogen-bond acceptors (Lipinski definition) is 7. The highest BCUT2D eigenvalue weighted by Crippen LogP contribution is 2.23. The molecule has 1 aromatic rings. The van der Waals surface area contributed by atoms with Crippen LogP contribution in [0.5, 0.6) is 0 Å². The molecule has 0 aliphatic carbocycles. The largest absolute Gasteiger partial charge is 0.444 e. The maximum Gasteiger partial charge on any atom is 0.410 e. The van der Waals surface area contributed by atoms with Crippen LogP contribution in [0.15, 0.2) is 0 Å². The van der Waals surface area contributed by atoms with Gasteiger partial charge in [0.1, 0.15) is 17.1 Å². The second-order valence-electron chi connectivity index (χ2n) is 6.14. The summed E-state index contributed by atoms with van der Waals surface area (Å²) in [5.74, 6) is 0.880. The Morgan fingerprint density at radius 3 is 2.41 bits per heavy atom. The number of carbonyl (C=O) groups excluding carboxylic acids is 1. The van der Waals surface area contributed by atoms with Crippen LogP contribution in [-0.2, 0) is 4.74 Å². The lowest BCUT2D eigenvalue weighted by molar-refractivity contribution is 0.0240. The Labute approximate surface area is 134 Å². The first-order chi connectivity index (χ1) is 10.2. The lowest BCUT2D eigenvalue weighted by Gasteiger charge is -2.36. The number of carbonyl (C=O) groups is 1. The number of nitrogens with zero attached hydrogens (tertiary/aromatic N) is 3. The van der Waals surface area contributed by atoms with Gasteiger partial charge in [-0.25, -0.2) is 9.78 Å². The van der Waals surface area contributed by atoms with Gasteiger partial charge in [-0.2, -0.15) is 0 Å². The standard InChI is InChI=1S/C13H22N6O2S/c1-13(2,3)21-12(20)19-6-4-18(5-7-19)9-8(14)10(22)17-11(15)16-9/h4-7,14H2,1-3H3,(H3,15,16,17,22). The fourth-order valence-electron chi connectivity index (χ4n) is 2.18. The highest BCUT2D eigenvalue weighted by atomic mass is 32.1. The SMILES string of the molecule is CC(C)(C)OC(=O)N1CCN(c2[nH]c(N)nc(=S)c2N)CC1.